The van der Waals surface area contributed by atoms with Crippen molar-refractivity contribution in [2.24, 2.45) is 5.92 Å². The fraction of sp³-hybridized carbons (Fsp3) is 0.333. The molecule has 0 bridgehead atoms. The molecule has 0 spiro atoms. The Morgan fingerprint density at radius 2 is 1.44 bits per heavy atom. The van der Waals surface area contributed by atoms with Crippen molar-refractivity contribution in [3.8, 4) is 11.5 Å². The minimum Gasteiger partial charge on any atom is -0.508 e. The molecule has 1 unspecified atom stereocenters. The number of likely N-dealkylation sites (tertiary alicyclic amines) is 2. The van der Waals surface area contributed by atoms with Crippen molar-refractivity contribution in [2.75, 3.05) is 37.2 Å². The van der Waals surface area contributed by atoms with Gasteiger partial charge in [-0.1, -0.05) is 53.0 Å². The fourth-order valence-corrected chi connectivity index (χ4v) is 7.84. The van der Waals surface area contributed by atoms with Gasteiger partial charge in [0.05, 0.1) is 10.6 Å². The largest absolute Gasteiger partial charge is 0.508 e. The monoisotopic (exact) mass is 696 g/mol. The molecule has 2 amide bonds. The molecule has 50 heavy (non-hydrogen) atoms. The summed E-state index contributed by atoms with van der Waals surface area (Å²) >= 11 is 0. The van der Waals surface area contributed by atoms with E-state index in [1.165, 1.54) is 50.2 Å². The third-order valence-electron chi connectivity index (χ3n) is 9.49. The maximum atomic E-state index is 13.9. The number of carbonyl (C=O) groups is 2. The number of hydrogen-bond donors (Lipinski definition) is 2. The fourth-order valence-electron chi connectivity index (χ4n) is 6.58. The molecule has 2 aliphatic heterocycles. The van der Waals surface area contributed by atoms with E-state index in [-0.39, 0.29) is 28.5 Å². The first-order valence-electron chi connectivity index (χ1n) is 17.3. The summed E-state index contributed by atoms with van der Waals surface area (Å²) < 4.78 is 28.6. The standard InChI is InChI=1S/C39H44N4O6S/c44-34-17-13-31(14-18-34)29-37(39(46)42-27-22-30(23-28-42)21-26-41-24-7-8-25-41)40-38(45)32-15-19-36(20-16-32)50(47,48)43(33-9-3-1-4-10-33)49-35-11-5-2-6-12-35/h1-6,9-20,30,37,44H,7-8,21-29H2,(H,40,45). The van der Waals surface area contributed by atoms with Crippen LogP contribution in [0.1, 0.15) is 48.0 Å². The lowest BCUT2D eigenvalue weighted by molar-refractivity contribution is -0.134. The molecule has 4 aromatic rings. The van der Waals surface area contributed by atoms with Gasteiger partial charge in [0.25, 0.3) is 15.9 Å². The Morgan fingerprint density at radius 3 is 2.08 bits per heavy atom. The van der Waals surface area contributed by atoms with Crippen molar-refractivity contribution in [1.82, 2.24) is 15.1 Å². The second-order valence-corrected chi connectivity index (χ2v) is 14.8. The number of aromatic hydroxyl groups is 1. The molecule has 2 heterocycles. The van der Waals surface area contributed by atoms with Crippen LogP contribution < -0.4 is 14.6 Å². The maximum Gasteiger partial charge on any atom is 0.295 e. The smallest absolute Gasteiger partial charge is 0.295 e. The van der Waals surface area contributed by atoms with Crippen LogP contribution in [0.4, 0.5) is 5.69 Å². The molecule has 1 atom stereocenters. The number of amides is 2. The second kappa shape index (κ2) is 16.2. The summed E-state index contributed by atoms with van der Waals surface area (Å²) in [5.74, 6) is 0.390. The lowest BCUT2D eigenvalue weighted by Crippen LogP contribution is -2.51. The number of piperidine rings is 1. The van der Waals surface area contributed by atoms with Crippen molar-refractivity contribution >= 4 is 27.5 Å². The Hall–Kier alpha value is -4.87. The van der Waals surface area contributed by atoms with E-state index in [9.17, 15) is 23.1 Å². The molecule has 2 fully saturated rings. The molecule has 10 nitrogen and oxygen atoms in total. The highest BCUT2D eigenvalue weighted by Gasteiger charge is 2.31. The summed E-state index contributed by atoms with van der Waals surface area (Å²) in [6.45, 7) is 4.76. The van der Waals surface area contributed by atoms with E-state index in [1.54, 1.807) is 84.9 Å². The molecule has 0 aromatic heterocycles. The molecule has 11 heteroatoms. The van der Waals surface area contributed by atoms with Crippen LogP contribution in [-0.2, 0) is 21.2 Å². The number of anilines is 1. The Morgan fingerprint density at radius 1 is 0.820 bits per heavy atom. The first-order chi connectivity index (χ1) is 24.3. The van der Waals surface area contributed by atoms with E-state index in [0.29, 0.717) is 30.4 Å². The number of carbonyl (C=O) groups excluding carboxylic acids is 2. The van der Waals surface area contributed by atoms with Crippen LogP contribution in [0.5, 0.6) is 11.5 Å². The van der Waals surface area contributed by atoms with Crippen molar-refractivity contribution in [3.05, 3.63) is 120 Å². The van der Waals surface area contributed by atoms with Gasteiger partial charge >= 0.3 is 0 Å². The summed E-state index contributed by atoms with van der Waals surface area (Å²) in [7, 11) is -4.21. The number of nitrogens with zero attached hydrogens (tertiary/aromatic N) is 3. The quantitative estimate of drug-likeness (QED) is 0.174. The summed E-state index contributed by atoms with van der Waals surface area (Å²) in [6.07, 6.45) is 5.81. The van der Waals surface area contributed by atoms with Gasteiger partial charge in [-0.3, -0.25) is 9.59 Å². The van der Waals surface area contributed by atoms with E-state index in [0.717, 1.165) is 35.8 Å². The number of nitrogens with one attached hydrogen (secondary N) is 1. The number of sulfonamides is 1. The molecule has 4 aromatic carbocycles. The zero-order valence-corrected chi connectivity index (χ0v) is 28.9. The molecule has 2 N–H and O–H groups in total. The van der Waals surface area contributed by atoms with Gasteiger partial charge < -0.3 is 25.1 Å². The summed E-state index contributed by atoms with van der Waals surface area (Å²) in [5, 5.41) is 12.7. The highest BCUT2D eigenvalue weighted by molar-refractivity contribution is 7.92. The van der Waals surface area contributed by atoms with Crippen LogP contribution in [0.2, 0.25) is 0 Å². The highest BCUT2D eigenvalue weighted by Crippen LogP contribution is 2.27. The summed E-state index contributed by atoms with van der Waals surface area (Å²) in [4.78, 5) is 37.7. The first kappa shape index (κ1) is 35.0. The third-order valence-corrected chi connectivity index (χ3v) is 11.1. The van der Waals surface area contributed by atoms with Gasteiger partial charge in [0.1, 0.15) is 11.8 Å². The third kappa shape index (κ3) is 8.83. The minimum absolute atomic E-state index is 0.0712. The van der Waals surface area contributed by atoms with E-state index in [1.807, 2.05) is 4.90 Å². The Kier molecular flexibility index (Phi) is 11.3. The van der Waals surface area contributed by atoms with Gasteiger partial charge in [0.15, 0.2) is 5.75 Å². The van der Waals surface area contributed by atoms with Gasteiger partial charge in [-0.15, -0.1) is 0 Å². The zero-order valence-electron chi connectivity index (χ0n) is 28.1. The number of phenolic OH excluding ortho intramolecular Hbond substituents is 1. The van der Waals surface area contributed by atoms with E-state index < -0.39 is 22.0 Å². The molecule has 2 saturated heterocycles. The van der Waals surface area contributed by atoms with Gasteiger partial charge in [0, 0.05) is 25.1 Å². The zero-order chi connectivity index (χ0) is 34.9. The van der Waals surface area contributed by atoms with Gasteiger partial charge in [-0.25, -0.2) is 0 Å². The van der Waals surface area contributed by atoms with Crippen molar-refractivity contribution in [2.45, 2.75) is 49.5 Å². The van der Waals surface area contributed by atoms with Gasteiger partial charge in [0.2, 0.25) is 5.91 Å². The van der Waals surface area contributed by atoms with E-state index >= 15 is 0 Å². The first-order valence-corrected chi connectivity index (χ1v) is 18.7. The van der Waals surface area contributed by atoms with Crippen LogP contribution in [-0.4, -0.2) is 73.9 Å². The Bertz CT molecular complexity index is 1810. The molecule has 0 aliphatic carbocycles. The van der Waals surface area contributed by atoms with Crippen molar-refractivity contribution in [3.63, 3.8) is 0 Å². The molecular weight excluding hydrogens is 653 g/mol. The molecule has 2 aliphatic rings. The van der Waals surface area contributed by atoms with Crippen LogP contribution >= 0.6 is 0 Å². The molecule has 6 rings (SSSR count). The highest BCUT2D eigenvalue weighted by atomic mass is 32.2. The average molecular weight is 697 g/mol. The average Bonchev–Trinajstić information content (AvgIpc) is 3.68. The van der Waals surface area contributed by atoms with Crippen LogP contribution in [0, 0.1) is 5.92 Å². The second-order valence-electron chi connectivity index (χ2n) is 13.0. The number of rotatable bonds is 13. The predicted molar refractivity (Wildman–Crippen MR) is 192 cm³/mol. The number of para-hydroxylation sites is 2. The van der Waals surface area contributed by atoms with E-state index in [4.69, 9.17) is 4.84 Å². The van der Waals surface area contributed by atoms with Gasteiger partial charge in [-0.05, 0) is 124 Å². The van der Waals surface area contributed by atoms with Crippen LogP contribution in [0.25, 0.3) is 0 Å². The predicted octanol–water partition coefficient (Wildman–Crippen LogP) is 5.65. The topological polar surface area (TPSA) is 119 Å². The van der Waals surface area contributed by atoms with Crippen LogP contribution in [0.15, 0.2) is 114 Å². The SMILES string of the molecule is O=C(NC(Cc1ccc(O)cc1)C(=O)N1CCC(CCN2CCCC2)CC1)c1ccc(S(=O)(=O)N(Oc2ccccc2)c2ccccc2)cc1. The number of hydrogen-bond acceptors (Lipinski definition) is 7. The lowest BCUT2D eigenvalue weighted by Gasteiger charge is -2.35. The molecule has 0 radical (unpaired) electrons. The number of phenols is 1. The lowest BCUT2D eigenvalue weighted by atomic mass is 9.92. The van der Waals surface area contributed by atoms with Crippen molar-refractivity contribution < 1.29 is 28.0 Å². The van der Waals surface area contributed by atoms with Crippen molar-refractivity contribution in [1.29, 1.82) is 0 Å². The Labute approximate surface area is 294 Å². The van der Waals surface area contributed by atoms with E-state index in [2.05, 4.69) is 10.2 Å². The number of benzene rings is 4. The Balaban J connectivity index is 1.15. The summed E-state index contributed by atoms with van der Waals surface area (Å²) in [5.41, 5.74) is 1.32. The maximum absolute atomic E-state index is 13.9. The molecule has 262 valence electrons. The molecule has 0 saturated carbocycles. The molecular formula is C39H44N4O6S. The summed E-state index contributed by atoms with van der Waals surface area (Å²) in [6, 6.07) is 28.4. The minimum atomic E-state index is -4.21. The van der Waals surface area contributed by atoms with Gasteiger partial charge in [-0.2, -0.15) is 8.42 Å². The van der Waals surface area contributed by atoms with Crippen LogP contribution in [0.3, 0.4) is 0 Å². The normalized spacial score (nSPS) is 16.1.